The number of unbranched alkanes of at least 4 members (excludes halogenated alkanes) is 4. The highest BCUT2D eigenvalue weighted by Gasteiger charge is 2.27. The van der Waals surface area contributed by atoms with E-state index in [1.54, 1.807) is 20.8 Å². The van der Waals surface area contributed by atoms with Crippen molar-refractivity contribution in [1.82, 2.24) is 4.98 Å². The monoisotopic (exact) mass is 347 g/mol. The number of aromatic nitrogens is 1. The van der Waals surface area contributed by atoms with Gasteiger partial charge in [0.2, 0.25) is 0 Å². The zero-order chi connectivity index (χ0) is 17.6. The number of nitrogens with zero attached hydrogens (tertiary/aromatic N) is 1. The van der Waals surface area contributed by atoms with Gasteiger partial charge in [-0.25, -0.2) is 8.42 Å². The van der Waals surface area contributed by atoms with E-state index in [9.17, 15) is 8.42 Å². The summed E-state index contributed by atoms with van der Waals surface area (Å²) in [6, 6.07) is 10.5. The molecule has 0 aliphatic carbocycles. The van der Waals surface area contributed by atoms with Crippen molar-refractivity contribution in [3.8, 4) is 0 Å². The van der Waals surface area contributed by atoms with Crippen LogP contribution in [0.3, 0.4) is 0 Å². The molecule has 0 aliphatic rings. The fraction of sp³-hybridized carbons (Fsp3) is 0.550. The van der Waals surface area contributed by atoms with Crippen molar-refractivity contribution in [2.75, 3.05) is 5.75 Å². The summed E-state index contributed by atoms with van der Waals surface area (Å²) in [6.07, 6.45) is 8.08. The number of benzene rings is 1. The minimum Gasteiger partial charge on any atom is -0.256 e. The maximum atomic E-state index is 12.0. The smallest absolute Gasteiger partial charge is 0.155 e. The summed E-state index contributed by atoms with van der Waals surface area (Å²) in [6.45, 7) is 5.34. The molecule has 0 bridgehead atoms. The molecule has 0 saturated carbocycles. The van der Waals surface area contributed by atoms with E-state index in [1.165, 1.54) is 10.9 Å². The highest BCUT2D eigenvalue weighted by molar-refractivity contribution is 7.92. The third kappa shape index (κ3) is 5.30. The molecule has 1 aromatic heterocycles. The Kier molecular flexibility index (Phi) is 6.39. The van der Waals surface area contributed by atoms with Crippen molar-refractivity contribution >= 4 is 20.7 Å². The zero-order valence-corrected chi connectivity index (χ0v) is 15.9. The van der Waals surface area contributed by atoms with Gasteiger partial charge in [-0.05, 0) is 63.8 Å². The van der Waals surface area contributed by atoms with Crippen molar-refractivity contribution in [1.29, 1.82) is 0 Å². The maximum Gasteiger partial charge on any atom is 0.155 e. The second kappa shape index (κ2) is 8.11. The Morgan fingerprint density at radius 3 is 2.42 bits per heavy atom. The van der Waals surface area contributed by atoms with Gasteiger partial charge in [-0.2, -0.15) is 0 Å². The van der Waals surface area contributed by atoms with Crippen LogP contribution in [0.5, 0.6) is 0 Å². The lowest BCUT2D eigenvalue weighted by Gasteiger charge is -2.18. The minimum atomic E-state index is -2.96. The molecule has 0 radical (unpaired) electrons. The van der Waals surface area contributed by atoms with Crippen molar-refractivity contribution in [3.05, 3.63) is 42.1 Å². The third-order valence-electron chi connectivity index (χ3n) is 4.48. The van der Waals surface area contributed by atoms with Crippen LogP contribution in [0.2, 0.25) is 0 Å². The number of hydrogen-bond acceptors (Lipinski definition) is 3. The largest absolute Gasteiger partial charge is 0.256 e. The van der Waals surface area contributed by atoms with Crippen LogP contribution >= 0.6 is 0 Å². The fourth-order valence-corrected chi connectivity index (χ4v) is 3.93. The van der Waals surface area contributed by atoms with Crippen LogP contribution in [-0.4, -0.2) is 23.9 Å². The molecule has 0 amide bonds. The average Bonchev–Trinajstić information content (AvgIpc) is 2.52. The van der Waals surface area contributed by atoms with Gasteiger partial charge in [-0.3, -0.25) is 4.98 Å². The van der Waals surface area contributed by atoms with Crippen LogP contribution in [0.15, 0.2) is 36.5 Å². The molecule has 0 fully saturated rings. The Labute approximate surface area is 146 Å². The van der Waals surface area contributed by atoms with Crippen LogP contribution in [0, 0.1) is 0 Å². The van der Waals surface area contributed by atoms with Gasteiger partial charge in [0.15, 0.2) is 9.84 Å². The van der Waals surface area contributed by atoms with Gasteiger partial charge in [-0.15, -0.1) is 0 Å². The van der Waals surface area contributed by atoms with E-state index in [2.05, 4.69) is 29.2 Å². The predicted molar refractivity (Wildman–Crippen MR) is 102 cm³/mol. The van der Waals surface area contributed by atoms with Gasteiger partial charge in [0.25, 0.3) is 0 Å². The molecule has 24 heavy (non-hydrogen) atoms. The molecule has 1 aromatic carbocycles. The van der Waals surface area contributed by atoms with E-state index in [4.69, 9.17) is 0 Å². The van der Waals surface area contributed by atoms with Gasteiger partial charge in [0.1, 0.15) is 0 Å². The molecule has 2 rings (SSSR count). The second-order valence-corrected chi connectivity index (χ2v) is 10.3. The van der Waals surface area contributed by atoms with Crippen LogP contribution in [0.1, 0.15) is 58.4 Å². The minimum absolute atomic E-state index is 0.314. The molecule has 0 aliphatic heterocycles. The average molecular weight is 348 g/mol. The molecule has 2 aromatic rings. The quantitative estimate of drug-likeness (QED) is 0.635. The summed E-state index contributed by atoms with van der Waals surface area (Å²) < 4.78 is 23.4. The Bertz CT molecular complexity index is 761. The van der Waals surface area contributed by atoms with E-state index in [-0.39, 0.29) is 0 Å². The fourth-order valence-electron chi connectivity index (χ4n) is 2.74. The van der Waals surface area contributed by atoms with E-state index in [1.807, 2.05) is 12.3 Å². The van der Waals surface area contributed by atoms with Crippen molar-refractivity contribution in [3.63, 3.8) is 0 Å². The first-order valence-corrected chi connectivity index (χ1v) is 10.5. The van der Waals surface area contributed by atoms with Crippen LogP contribution in [0.25, 0.3) is 10.9 Å². The maximum absolute atomic E-state index is 12.0. The lowest BCUT2D eigenvalue weighted by atomic mass is 10.0. The van der Waals surface area contributed by atoms with Crippen LogP contribution in [0.4, 0.5) is 0 Å². The normalized spacial score (nSPS) is 12.6. The highest BCUT2D eigenvalue weighted by Crippen LogP contribution is 2.19. The van der Waals surface area contributed by atoms with Gasteiger partial charge < -0.3 is 0 Å². The molecule has 0 unspecified atom stereocenters. The van der Waals surface area contributed by atoms with Crippen molar-refractivity contribution in [2.45, 2.75) is 64.0 Å². The zero-order valence-electron chi connectivity index (χ0n) is 15.1. The lowest BCUT2D eigenvalue weighted by Crippen LogP contribution is -2.30. The number of pyridine rings is 1. The van der Waals surface area contributed by atoms with E-state index in [0.717, 1.165) is 44.0 Å². The summed E-state index contributed by atoms with van der Waals surface area (Å²) in [5, 5.41) is 1.20. The van der Waals surface area contributed by atoms with Gasteiger partial charge in [0.05, 0.1) is 16.0 Å². The molecule has 1 heterocycles. The number of sulfone groups is 1. The standard InChI is InChI=1S/C20H29NO2S/c1-20(2,3)24(22,23)15-8-6-4-5-7-10-17-12-13-19-18(16-17)11-9-14-21-19/h9,11-14,16H,4-8,10,15H2,1-3H3. The number of hydrogen-bond donors (Lipinski definition) is 0. The molecular weight excluding hydrogens is 318 g/mol. The molecule has 3 nitrogen and oxygen atoms in total. The number of rotatable bonds is 8. The second-order valence-electron chi connectivity index (χ2n) is 7.48. The van der Waals surface area contributed by atoms with E-state index < -0.39 is 14.6 Å². The summed E-state index contributed by atoms with van der Waals surface area (Å²) in [4.78, 5) is 4.34. The van der Waals surface area contributed by atoms with Gasteiger partial charge in [0, 0.05) is 11.6 Å². The van der Waals surface area contributed by atoms with Gasteiger partial charge in [-0.1, -0.05) is 31.4 Å². The third-order valence-corrected chi connectivity index (χ3v) is 7.17. The highest BCUT2D eigenvalue weighted by atomic mass is 32.2. The Morgan fingerprint density at radius 1 is 0.958 bits per heavy atom. The summed E-state index contributed by atoms with van der Waals surface area (Å²) in [7, 11) is -2.96. The Hall–Kier alpha value is -1.42. The predicted octanol–water partition coefficient (Wildman–Crippen LogP) is 4.94. The molecule has 0 atom stereocenters. The van der Waals surface area contributed by atoms with Crippen molar-refractivity contribution < 1.29 is 8.42 Å². The number of aryl methyl sites for hydroxylation is 1. The first-order chi connectivity index (χ1) is 11.3. The summed E-state index contributed by atoms with van der Waals surface area (Å²) in [5.41, 5.74) is 2.40. The van der Waals surface area contributed by atoms with Crippen LogP contribution in [-0.2, 0) is 16.3 Å². The van der Waals surface area contributed by atoms with E-state index in [0.29, 0.717) is 5.75 Å². The molecule has 0 spiro atoms. The Balaban J connectivity index is 1.66. The summed E-state index contributed by atoms with van der Waals surface area (Å²) >= 11 is 0. The molecule has 0 N–H and O–H groups in total. The van der Waals surface area contributed by atoms with E-state index >= 15 is 0 Å². The molecule has 0 saturated heterocycles. The topological polar surface area (TPSA) is 47.0 Å². The lowest BCUT2D eigenvalue weighted by molar-refractivity contribution is 0.552. The van der Waals surface area contributed by atoms with Gasteiger partial charge >= 0.3 is 0 Å². The Morgan fingerprint density at radius 2 is 1.67 bits per heavy atom. The molecule has 132 valence electrons. The van der Waals surface area contributed by atoms with Crippen molar-refractivity contribution in [2.24, 2.45) is 0 Å². The first kappa shape index (κ1) is 18.9. The number of fused-ring (bicyclic) bond motifs is 1. The molecular formula is C20H29NO2S. The summed E-state index contributed by atoms with van der Waals surface area (Å²) in [5.74, 6) is 0.314. The first-order valence-electron chi connectivity index (χ1n) is 8.85. The SMILES string of the molecule is CC(C)(C)S(=O)(=O)CCCCCCCc1ccc2ncccc2c1. The molecule has 4 heteroatoms. The van der Waals surface area contributed by atoms with Crippen LogP contribution < -0.4 is 0 Å².